The summed E-state index contributed by atoms with van der Waals surface area (Å²) in [6.45, 7) is 4.35. The average Bonchev–Trinajstić information content (AvgIpc) is 2.81. The van der Waals surface area contributed by atoms with Crippen LogP contribution in [0.15, 0.2) is 42.5 Å². The average molecular weight is 441 g/mol. The maximum Gasteiger partial charge on any atom is 0.269 e. The minimum Gasteiger partial charge on any atom is -0.493 e. The van der Waals surface area contributed by atoms with Gasteiger partial charge in [-0.25, -0.2) is 0 Å². The monoisotopic (exact) mass is 441 g/mol. The number of rotatable bonds is 8. The van der Waals surface area contributed by atoms with Crippen molar-refractivity contribution in [3.05, 3.63) is 48.0 Å². The van der Waals surface area contributed by atoms with E-state index in [1.807, 2.05) is 13.0 Å². The molecule has 0 saturated carbocycles. The summed E-state index contributed by atoms with van der Waals surface area (Å²) < 4.78 is 16.4. The maximum atomic E-state index is 12.5. The summed E-state index contributed by atoms with van der Waals surface area (Å²) in [4.78, 5) is 38.7. The normalized spacial score (nSPS) is 14.8. The van der Waals surface area contributed by atoms with E-state index >= 15 is 0 Å². The molecular weight excluding hydrogens is 414 g/mol. The molecule has 9 heteroatoms. The van der Waals surface area contributed by atoms with Crippen LogP contribution < -0.4 is 30.0 Å². The molecule has 1 atom stereocenters. The van der Waals surface area contributed by atoms with Crippen molar-refractivity contribution in [1.82, 2.24) is 10.9 Å². The number of nitrogens with zero attached hydrogens (tertiary/aromatic N) is 1. The number of fused-ring (bicyclic) bond motifs is 1. The van der Waals surface area contributed by atoms with E-state index in [1.165, 1.54) is 18.1 Å². The molecule has 0 aliphatic carbocycles. The zero-order valence-corrected chi connectivity index (χ0v) is 18.3. The maximum absolute atomic E-state index is 12.5. The lowest BCUT2D eigenvalue weighted by molar-refractivity contribution is -0.125. The van der Waals surface area contributed by atoms with Gasteiger partial charge in [-0.1, -0.05) is 19.1 Å². The Morgan fingerprint density at radius 2 is 1.91 bits per heavy atom. The van der Waals surface area contributed by atoms with Crippen LogP contribution in [0.4, 0.5) is 5.69 Å². The van der Waals surface area contributed by atoms with Crippen LogP contribution in [0.25, 0.3) is 0 Å². The summed E-state index contributed by atoms with van der Waals surface area (Å²) in [5.74, 6) is 0.403. The molecule has 0 aromatic heterocycles. The van der Waals surface area contributed by atoms with E-state index in [4.69, 9.17) is 14.2 Å². The van der Waals surface area contributed by atoms with Crippen LogP contribution in [0.3, 0.4) is 0 Å². The van der Waals surface area contributed by atoms with Gasteiger partial charge in [-0.2, -0.15) is 0 Å². The molecule has 0 radical (unpaired) electrons. The molecule has 3 rings (SSSR count). The van der Waals surface area contributed by atoms with E-state index in [9.17, 15) is 14.4 Å². The van der Waals surface area contributed by atoms with Crippen LogP contribution in [-0.2, 0) is 9.59 Å². The quantitative estimate of drug-likeness (QED) is 0.610. The summed E-state index contributed by atoms with van der Waals surface area (Å²) in [7, 11) is 1.49. The van der Waals surface area contributed by atoms with Crippen LogP contribution >= 0.6 is 0 Å². The molecule has 0 spiro atoms. The van der Waals surface area contributed by atoms with E-state index in [1.54, 1.807) is 37.3 Å². The van der Waals surface area contributed by atoms with Crippen molar-refractivity contribution in [3.63, 3.8) is 0 Å². The van der Waals surface area contributed by atoms with Gasteiger partial charge in [-0.3, -0.25) is 25.2 Å². The molecule has 1 aliphatic rings. The highest BCUT2D eigenvalue weighted by atomic mass is 16.5. The Kier molecular flexibility index (Phi) is 7.54. The van der Waals surface area contributed by atoms with Crippen LogP contribution in [0.1, 0.15) is 37.0 Å². The lowest BCUT2D eigenvalue weighted by atomic mass is 10.1. The first-order valence-electron chi connectivity index (χ1n) is 10.4. The summed E-state index contributed by atoms with van der Waals surface area (Å²) >= 11 is 0. The second-order valence-electron chi connectivity index (χ2n) is 7.18. The number of benzene rings is 2. The Labute approximate surface area is 186 Å². The number of nitrogens with one attached hydrogen (secondary N) is 2. The van der Waals surface area contributed by atoms with E-state index in [-0.39, 0.29) is 18.9 Å². The minimum atomic E-state index is -0.632. The molecule has 0 bridgehead atoms. The molecule has 32 heavy (non-hydrogen) atoms. The van der Waals surface area contributed by atoms with Crippen LogP contribution in [-0.4, -0.2) is 44.1 Å². The van der Waals surface area contributed by atoms with Crippen molar-refractivity contribution in [2.24, 2.45) is 0 Å². The van der Waals surface area contributed by atoms with E-state index in [2.05, 4.69) is 10.9 Å². The number of amides is 3. The number of carbonyl (C=O) groups is 3. The summed E-state index contributed by atoms with van der Waals surface area (Å²) in [5, 5.41) is 0. The molecule has 170 valence electrons. The van der Waals surface area contributed by atoms with Crippen LogP contribution in [0.2, 0.25) is 0 Å². The molecule has 9 nitrogen and oxygen atoms in total. The molecule has 3 amide bonds. The van der Waals surface area contributed by atoms with Crippen molar-refractivity contribution < 1.29 is 28.6 Å². The van der Waals surface area contributed by atoms with Gasteiger partial charge < -0.3 is 19.1 Å². The smallest absolute Gasteiger partial charge is 0.269 e. The summed E-state index contributed by atoms with van der Waals surface area (Å²) in [5.41, 5.74) is 5.67. The molecule has 0 fully saturated rings. The van der Waals surface area contributed by atoms with Crippen molar-refractivity contribution in [2.45, 2.75) is 32.8 Å². The van der Waals surface area contributed by atoms with E-state index in [0.29, 0.717) is 35.1 Å². The lowest BCUT2D eigenvalue weighted by Crippen LogP contribution is -2.47. The Morgan fingerprint density at radius 1 is 1.12 bits per heavy atom. The number of ether oxygens (including phenoxy) is 3. The molecule has 0 saturated heterocycles. The predicted molar refractivity (Wildman–Crippen MR) is 118 cm³/mol. The van der Waals surface area contributed by atoms with Crippen molar-refractivity contribution in [2.75, 3.05) is 25.2 Å². The highest BCUT2D eigenvalue weighted by molar-refractivity contribution is 6.00. The SMILES string of the molecule is CCCOc1ccc(C(=O)NNC(=O)CCN2C(=O)C(C)Oc3ccccc32)cc1OC. The fourth-order valence-electron chi connectivity index (χ4n) is 3.20. The van der Waals surface area contributed by atoms with Gasteiger partial charge in [0.15, 0.2) is 17.6 Å². The van der Waals surface area contributed by atoms with Gasteiger partial charge in [0, 0.05) is 18.5 Å². The standard InChI is InChI=1S/C23H27N3O6/c1-4-13-31-19-10-9-16(14-20(19)30-3)22(28)25-24-21(27)11-12-26-17-7-5-6-8-18(17)32-15(2)23(26)29/h5-10,14-15H,4,11-13H2,1-3H3,(H,24,27)(H,25,28). The largest absolute Gasteiger partial charge is 0.493 e. The number of anilines is 1. The third-order valence-corrected chi connectivity index (χ3v) is 4.84. The zero-order valence-electron chi connectivity index (χ0n) is 18.3. The Bertz CT molecular complexity index is 993. The number of methoxy groups -OCH3 is 1. The lowest BCUT2D eigenvalue weighted by Gasteiger charge is -2.32. The van der Waals surface area contributed by atoms with Gasteiger partial charge in [0.2, 0.25) is 5.91 Å². The first-order valence-corrected chi connectivity index (χ1v) is 10.4. The molecule has 2 N–H and O–H groups in total. The van der Waals surface area contributed by atoms with Gasteiger partial charge in [-0.15, -0.1) is 0 Å². The van der Waals surface area contributed by atoms with Gasteiger partial charge in [0.1, 0.15) is 5.75 Å². The number of hydrogen-bond donors (Lipinski definition) is 2. The third kappa shape index (κ3) is 5.29. The Morgan fingerprint density at radius 3 is 2.66 bits per heavy atom. The van der Waals surface area contributed by atoms with E-state index < -0.39 is 17.9 Å². The molecule has 1 heterocycles. The van der Waals surface area contributed by atoms with Crippen molar-refractivity contribution in [3.8, 4) is 17.2 Å². The molecule has 2 aromatic rings. The first kappa shape index (κ1) is 22.9. The van der Waals surface area contributed by atoms with Gasteiger partial charge in [0.25, 0.3) is 11.8 Å². The highest BCUT2D eigenvalue weighted by Gasteiger charge is 2.31. The number of hydrogen-bond acceptors (Lipinski definition) is 6. The summed E-state index contributed by atoms with van der Waals surface area (Å²) in [6.07, 6.45) is 0.213. The zero-order chi connectivity index (χ0) is 23.1. The topological polar surface area (TPSA) is 106 Å². The molecular formula is C23H27N3O6. The van der Waals surface area contributed by atoms with Crippen LogP contribution in [0, 0.1) is 0 Å². The highest BCUT2D eigenvalue weighted by Crippen LogP contribution is 2.33. The summed E-state index contributed by atoms with van der Waals surface area (Å²) in [6, 6.07) is 11.9. The van der Waals surface area contributed by atoms with Crippen molar-refractivity contribution >= 4 is 23.4 Å². The van der Waals surface area contributed by atoms with Crippen molar-refractivity contribution in [1.29, 1.82) is 0 Å². The van der Waals surface area contributed by atoms with Gasteiger partial charge in [-0.05, 0) is 43.7 Å². The fourth-order valence-corrected chi connectivity index (χ4v) is 3.20. The molecule has 1 aliphatic heterocycles. The molecule has 1 unspecified atom stereocenters. The Hall–Kier alpha value is -3.75. The molecule has 2 aromatic carbocycles. The minimum absolute atomic E-state index is 0.000189. The van der Waals surface area contributed by atoms with Crippen LogP contribution in [0.5, 0.6) is 17.2 Å². The number of carbonyl (C=O) groups excluding carboxylic acids is 3. The number of para-hydroxylation sites is 2. The fraction of sp³-hybridized carbons (Fsp3) is 0.348. The van der Waals surface area contributed by atoms with Gasteiger partial charge >= 0.3 is 0 Å². The predicted octanol–water partition coefficient (Wildman–Crippen LogP) is 2.45. The van der Waals surface area contributed by atoms with Gasteiger partial charge in [0.05, 0.1) is 19.4 Å². The van der Waals surface area contributed by atoms with E-state index in [0.717, 1.165) is 6.42 Å². The third-order valence-electron chi connectivity index (χ3n) is 4.84. The Balaban J connectivity index is 1.55. The first-order chi connectivity index (χ1) is 15.4. The second-order valence-corrected chi connectivity index (χ2v) is 7.18. The second kappa shape index (κ2) is 10.5. The number of hydrazine groups is 1.